The van der Waals surface area contributed by atoms with Gasteiger partial charge in [0, 0.05) is 11.6 Å². The molecule has 0 aliphatic carbocycles. The lowest BCUT2D eigenvalue weighted by Crippen LogP contribution is -2.35. The van der Waals surface area contributed by atoms with Crippen molar-refractivity contribution in [3.63, 3.8) is 0 Å². The molecule has 6 nitrogen and oxygen atoms in total. The van der Waals surface area contributed by atoms with Crippen LogP contribution in [0.3, 0.4) is 0 Å². The first kappa shape index (κ1) is 22.0. The maximum absolute atomic E-state index is 15.3. The zero-order chi connectivity index (χ0) is 21.9. The number of amides is 1. The predicted molar refractivity (Wildman–Crippen MR) is 111 cm³/mol. The monoisotopic (exact) mass is 437 g/mol. The number of rotatable bonds is 5. The molecule has 0 unspecified atom stereocenters. The predicted octanol–water partition coefficient (Wildman–Crippen LogP) is 6.02. The molecule has 2 aromatic rings. The van der Waals surface area contributed by atoms with Crippen molar-refractivity contribution in [3.05, 3.63) is 46.7 Å². The van der Waals surface area contributed by atoms with E-state index in [1.165, 1.54) is 12.1 Å². The molecule has 1 N–H and O–H groups in total. The molecule has 0 saturated heterocycles. The maximum Gasteiger partial charge on any atom is 0.408 e. The maximum atomic E-state index is 15.3. The van der Waals surface area contributed by atoms with Gasteiger partial charge in [-0.15, -0.1) is 0 Å². The number of ether oxygens (including phenoxy) is 4. The Hall–Kier alpha value is -2.67. The van der Waals surface area contributed by atoms with Crippen molar-refractivity contribution in [2.75, 3.05) is 13.2 Å². The fourth-order valence-electron chi connectivity index (χ4n) is 2.96. The summed E-state index contributed by atoms with van der Waals surface area (Å²) in [4.78, 5) is 12.2. The first-order valence-corrected chi connectivity index (χ1v) is 10.1. The van der Waals surface area contributed by atoms with Crippen LogP contribution < -0.4 is 19.5 Å². The third-order valence-corrected chi connectivity index (χ3v) is 4.58. The molecular weight excluding hydrogens is 413 g/mol. The van der Waals surface area contributed by atoms with Crippen molar-refractivity contribution in [1.82, 2.24) is 5.32 Å². The molecule has 1 amide bonds. The Morgan fingerprint density at radius 1 is 1.20 bits per heavy atom. The van der Waals surface area contributed by atoms with E-state index in [1.807, 2.05) is 6.92 Å². The molecule has 1 aliphatic heterocycles. The molecular formula is C22H25ClFNO5. The molecule has 1 aliphatic rings. The Morgan fingerprint density at radius 3 is 2.57 bits per heavy atom. The Balaban J connectivity index is 1.84. The summed E-state index contributed by atoms with van der Waals surface area (Å²) in [6.07, 6.45) is -0.181. The molecule has 0 fully saturated rings. The number of nitrogens with one attached hydrogen (secondary N) is 1. The van der Waals surface area contributed by atoms with Crippen molar-refractivity contribution in [3.8, 4) is 23.0 Å². The average molecular weight is 438 g/mol. The summed E-state index contributed by atoms with van der Waals surface area (Å²) < 4.78 is 37.4. The van der Waals surface area contributed by atoms with E-state index in [0.717, 1.165) is 0 Å². The smallest absolute Gasteiger partial charge is 0.408 e. The van der Waals surface area contributed by atoms with Crippen LogP contribution in [0.5, 0.6) is 23.0 Å². The lowest BCUT2D eigenvalue weighted by atomic mass is 10.0. The van der Waals surface area contributed by atoms with Crippen LogP contribution in [0.15, 0.2) is 30.3 Å². The number of benzene rings is 2. The fraction of sp³-hybridized carbons (Fsp3) is 0.409. The molecule has 0 saturated carbocycles. The summed E-state index contributed by atoms with van der Waals surface area (Å²) >= 11 is 6.20. The van der Waals surface area contributed by atoms with Gasteiger partial charge in [-0.1, -0.05) is 24.6 Å². The minimum Gasteiger partial charge on any atom is -0.486 e. The van der Waals surface area contributed by atoms with Crippen molar-refractivity contribution in [2.45, 2.75) is 45.8 Å². The molecule has 1 atom stereocenters. The lowest BCUT2D eigenvalue weighted by molar-refractivity contribution is 0.0501. The minimum absolute atomic E-state index is 0.110. The minimum atomic E-state index is -0.659. The Morgan fingerprint density at radius 2 is 1.90 bits per heavy atom. The quantitative estimate of drug-likeness (QED) is 0.619. The highest BCUT2D eigenvalue weighted by molar-refractivity contribution is 6.32. The van der Waals surface area contributed by atoms with E-state index in [-0.39, 0.29) is 16.3 Å². The molecule has 1 heterocycles. The van der Waals surface area contributed by atoms with E-state index in [0.29, 0.717) is 36.9 Å². The zero-order valence-electron chi connectivity index (χ0n) is 17.4. The summed E-state index contributed by atoms with van der Waals surface area (Å²) in [5.41, 5.74) is -0.409. The van der Waals surface area contributed by atoms with Gasteiger partial charge < -0.3 is 24.3 Å². The van der Waals surface area contributed by atoms with Crippen molar-refractivity contribution in [2.24, 2.45) is 0 Å². The van der Waals surface area contributed by atoms with E-state index in [1.54, 1.807) is 39.0 Å². The van der Waals surface area contributed by atoms with Gasteiger partial charge in [0.05, 0.1) is 11.1 Å². The first-order valence-electron chi connectivity index (χ1n) is 9.73. The van der Waals surface area contributed by atoms with E-state index in [4.69, 9.17) is 30.5 Å². The number of hydrogen-bond donors (Lipinski definition) is 1. The third-order valence-electron chi connectivity index (χ3n) is 4.29. The van der Waals surface area contributed by atoms with Gasteiger partial charge in [0.15, 0.2) is 23.1 Å². The van der Waals surface area contributed by atoms with E-state index < -0.39 is 23.6 Å². The van der Waals surface area contributed by atoms with Gasteiger partial charge in [-0.05, 0) is 45.4 Å². The normalized spacial score (nSPS) is 14.1. The van der Waals surface area contributed by atoms with E-state index >= 15 is 4.39 Å². The standard InChI is InChI=1S/C22H25ClFNO5/c1-5-16(25-21(26)30-22(2,3)4)14-7-8-15(23)20(19(14)24)29-13-6-9-17-18(12-13)28-11-10-27-17/h6-9,12,16H,5,10-11H2,1-4H3,(H,25,26)/t16-/m1/s1. The summed E-state index contributed by atoms with van der Waals surface area (Å²) in [5.74, 6) is 0.687. The van der Waals surface area contributed by atoms with Crippen LogP contribution in [-0.2, 0) is 4.74 Å². The summed E-state index contributed by atoms with van der Waals surface area (Å²) in [6.45, 7) is 8.01. The number of alkyl carbamates (subject to hydrolysis) is 1. The van der Waals surface area contributed by atoms with Crippen LogP contribution >= 0.6 is 11.6 Å². The molecule has 0 bridgehead atoms. The van der Waals surface area contributed by atoms with Gasteiger partial charge in [-0.3, -0.25) is 0 Å². The lowest BCUT2D eigenvalue weighted by Gasteiger charge is -2.24. The molecule has 2 aromatic carbocycles. The number of carbonyl (C=O) groups excluding carboxylic acids is 1. The number of hydrogen-bond acceptors (Lipinski definition) is 5. The summed E-state index contributed by atoms with van der Waals surface area (Å²) in [7, 11) is 0. The molecule has 8 heteroatoms. The fourth-order valence-corrected chi connectivity index (χ4v) is 3.15. The number of carbonyl (C=O) groups is 1. The summed E-state index contributed by atoms with van der Waals surface area (Å²) in [6, 6.07) is 7.41. The molecule has 3 rings (SSSR count). The second kappa shape index (κ2) is 9.00. The van der Waals surface area contributed by atoms with Crippen LogP contribution in [0.4, 0.5) is 9.18 Å². The van der Waals surface area contributed by atoms with Crippen molar-refractivity contribution < 1.29 is 28.1 Å². The number of fused-ring (bicyclic) bond motifs is 1. The average Bonchev–Trinajstić information content (AvgIpc) is 2.68. The van der Waals surface area contributed by atoms with Crippen LogP contribution in [-0.4, -0.2) is 24.9 Å². The van der Waals surface area contributed by atoms with Gasteiger partial charge in [0.25, 0.3) is 0 Å². The van der Waals surface area contributed by atoms with Gasteiger partial charge in [-0.25, -0.2) is 9.18 Å². The number of halogens is 2. The van der Waals surface area contributed by atoms with Crippen LogP contribution in [0, 0.1) is 5.82 Å². The third kappa shape index (κ3) is 5.27. The Kier molecular flexibility index (Phi) is 6.61. The van der Waals surface area contributed by atoms with Gasteiger partial charge in [0.2, 0.25) is 0 Å². The molecule has 30 heavy (non-hydrogen) atoms. The molecule has 0 spiro atoms. The van der Waals surface area contributed by atoms with E-state index in [2.05, 4.69) is 5.32 Å². The molecule has 0 aromatic heterocycles. The second-order valence-corrected chi connectivity index (χ2v) is 8.20. The SMILES string of the molecule is CC[C@@H](NC(=O)OC(C)(C)C)c1ccc(Cl)c(Oc2ccc3c(c2)OCCO3)c1F. The Bertz CT molecular complexity index is 928. The van der Waals surface area contributed by atoms with Crippen molar-refractivity contribution in [1.29, 1.82) is 0 Å². The van der Waals surface area contributed by atoms with Gasteiger partial charge in [-0.2, -0.15) is 0 Å². The largest absolute Gasteiger partial charge is 0.486 e. The highest BCUT2D eigenvalue weighted by atomic mass is 35.5. The highest BCUT2D eigenvalue weighted by Crippen LogP contribution is 2.39. The van der Waals surface area contributed by atoms with Crippen LogP contribution in [0.1, 0.15) is 45.7 Å². The topological polar surface area (TPSA) is 66.0 Å². The Labute approximate surface area is 180 Å². The van der Waals surface area contributed by atoms with Crippen LogP contribution in [0.2, 0.25) is 5.02 Å². The molecule has 0 radical (unpaired) electrons. The van der Waals surface area contributed by atoms with Crippen LogP contribution in [0.25, 0.3) is 0 Å². The van der Waals surface area contributed by atoms with Crippen molar-refractivity contribution >= 4 is 17.7 Å². The molecule has 162 valence electrons. The zero-order valence-corrected chi connectivity index (χ0v) is 18.1. The van der Waals surface area contributed by atoms with Gasteiger partial charge >= 0.3 is 6.09 Å². The second-order valence-electron chi connectivity index (χ2n) is 7.79. The highest BCUT2D eigenvalue weighted by Gasteiger charge is 2.25. The summed E-state index contributed by atoms with van der Waals surface area (Å²) in [5, 5.41) is 2.80. The van der Waals surface area contributed by atoms with Gasteiger partial charge in [0.1, 0.15) is 24.6 Å². The first-order chi connectivity index (χ1) is 14.2. The van der Waals surface area contributed by atoms with E-state index in [9.17, 15) is 4.79 Å².